The summed E-state index contributed by atoms with van der Waals surface area (Å²) >= 11 is 6.18. The molecule has 2 heteroatoms. The van der Waals surface area contributed by atoms with Crippen LogP contribution in [0.25, 0.3) is 0 Å². The van der Waals surface area contributed by atoms with Crippen LogP contribution in [0.1, 0.15) is 23.6 Å². The molecule has 1 unspecified atom stereocenters. The maximum absolute atomic E-state index is 6.18. The van der Waals surface area contributed by atoms with Crippen LogP contribution < -0.4 is 5.32 Å². The van der Waals surface area contributed by atoms with E-state index in [0.717, 1.165) is 18.0 Å². The molecule has 0 amide bonds. The monoisotopic (exact) mass is 273 g/mol. The van der Waals surface area contributed by atoms with Crippen LogP contribution in [0.2, 0.25) is 5.02 Å². The average molecular weight is 274 g/mol. The highest BCUT2D eigenvalue weighted by Crippen LogP contribution is 2.16. The molecular formula is C17H20ClN. The van der Waals surface area contributed by atoms with Gasteiger partial charge in [0.15, 0.2) is 0 Å². The molecule has 0 fully saturated rings. The molecule has 2 aromatic carbocycles. The molecule has 100 valence electrons. The Balaban J connectivity index is 1.88. The Bertz CT molecular complexity index is 536. The second-order valence-corrected chi connectivity index (χ2v) is 5.47. The lowest BCUT2D eigenvalue weighted by Gasteiger charge is -2.15. The van der Waals surface area contributed by atoms with Crippen LogP contribution in [0.15, 0.2) is 48.5 Å². The van der Waals surface area contributed by atoms with Gasteiger partial charge in [0.05, 0.1) is 0 Å². The van der Waals surface area contributed by atoms with E-state index in [1.165, 1.54) is 16.7 Å². The Morgan fingerprint density at radius 2 is 1.89 bits per heavy atom. The smallest absolute Gasteiger partial charge is 0.0438 e. The average Bonchev–Trinajstić information content (AvgIpc) is 2.39. The zero-order valence-electron chi connectivity index (χ0n) is 11.5. The van der Waals surface area contributed by atoms with E-state index < -0.39 is 0 Å². The third-order valence-electron chi connectivity index (χ3n) is 3.22. The molecule has 0 spiro atoms. The highest BCUT2D eigenvalue weighted by molar-refractivity contribution is 6.31. The van der Waals surface area contributed by atoms with E-state index in [4.69, 9.17) is 11.6 Å². The van der Waals surface area contributed by atoms with E-state index in [-0.39, 0.29) is 0 Å². The predicted octanol–water partition coefficient (Wildman–Crippen LogP) is 4.37. The number of hydrogen-bond donors (Lipinski definition) is 1. The summed E-state index contributed by atoms with van der Waals surface area (Å²) in [6, 6.07) is 17.0. The summed E-state index contributed by atoms with van der Waals surface area (Å²) in [6.45, 7) is 5.21. The van der Waals surface area contributed by atoms with Crippen LogP contribution in [0, 0.1) is 6.92 Å². The quantitative estimate of drug-likeness (QED) is 0.853. The van der Waals surface area contributed by atoms with Crippen molar-refractivity contribution in [3.05, 3.63) is 70.2 Å². The third kappa shape index (κ3) is 4.38. The summed E-state index contributed by atoms with van der Waals surface area (Å²) in [5.41, 5.74) is 3.83. The van der Waals surface area contributed by atoms with Crippen molar-refractivity contribution in [3.63, 3.8) is 0 Å². The first kappa shape index (κ1) is 14.1. The van der Waals surface area contributed by atoms with E-state index in [0.29, 0.717) is 6.04 Å². The highest BCUT2D eigenvalue weighted by Gasteiger charge is 2.06. The number of hydrogen-bond acceptors (Lipinski definition) is 1. The first-order valence-electron chi connectivity index (χ1n) is 6.67. The minimum Gasteiger partial charge on any atom is -0.310 e. The molecule has 0 saturated carbocycles. The lowest BCUT2D eigenvalue weighted by Crippen LogP contribution is -2.27. The van der Waals surface area contributed by atoms with Gasteiger partial charge >= 0.3 is 0 Å². The van der Waals surface area contributed by atoms with Gasteiger partial charge in [0.1, 0.15) is 0 Å². The summed E-state index contributed by atoms with van der Waals surface area (Å²) in [4.78, 5) is 0. The molecular weight excluding hydrogens is 254 g/mol. The normalized spacial score (nSPS) is 12.4. The fourth-order valence-electron chi connectivity index (χ4n) is 2.18. The molecule has 0 aliphatic heterocycles. The van der Waals surface area contributed by atoms with Crippen molar-refractivity contribution in [1.82, 2.24) is 5.32 Å². The van der Waals surface area contributed by atoms with Gasteiger partial charge < -0.3 is 5.32 Å². The fourth-order valence-corrected chi connectivity index (χ4v) is 2.39. The van der Waals surface area contributed by atoms with Gasteiger partial charge in [-0.05, 0) is 37.5 Å². The minimum atomic E-state index is 0.403. The zero-order valence-corrected chi connectivity index (χ0v) is 12.2. The largest absolute Gasteiger partial charge is 0.310 e. The summed E-state index contributed by atoms with van der Waals surface area (Å²) in [7, 11) is 0. The van der Waals surface area contributed by atoms with Crippen LogP contribution in [0.5, 0.6) is 0 Å². The maximum atomic E-state index is 6.18. The first-order chi connectivity index (χ1) is 9.15. The van der Waals surface area contributed by atoms with Crippen LogP contribution in [0.3, 0.4) is 0 Å². The standard InChI is InChI=1S/C17H20ClN/c1-13-6-5-7-15(10-13)12-19-14(2)11-16-8-3-4-9-17(16)18/h3-10,14,19H,11-12H2,1-2H3. The first-order valence-corrected chi connectivity index (χ1v) is 7.05. The van der Waals surface area contributed by atoms with Crippen LogP contribution >= 0.6 is 11.6 Å². The number of nitrogens with one attached hydrogen (secondary N) is 1. The van der Waals surface area contributed by atoms with Gasteiger partial charge in [-0.1, -0.05) is 59.6 Å². The van der Waals surface area contributed by atoms with E-state index in [1.807, 2.05) is 18.2 Å². The molecule has 0 aromatic heterocycles. The van der Waals surface area contributed by atoms with Crippen LogP contribution in [-0.2, 0) is 13.0 Å². The number of halogens is 1. The van der Waals surface area contributed by atoms with Crippen LogP contribution in [-0.4, -0.2) is 6.04 Å². The Labute approximate surface area is 120 Å². The lowest BCUT2D eigenvalue weighted by atomic mass is 10.1. The number of rotatable bonds is 5. The highest BCUT2D eigenvalue weighted by atomic mass is 35.5. The van der Waals surface area contributed by atoms with Crippen LogP contribution in [0.4, 0.5) is 0 Å². The summed E-state index contributed by atoms with van der Waals surface area (Å²) in [5, 5.41) is 4.40. The van der Waals surface area contributed by atoms with Crippen molar-refractivity contribution in [2.75, 3.05) is 0 Å². The van der Waals surface area contributed by atoms with Crippen molar-refractivity contribution in [2.24, 2.45) is 0 Å². The van der Waals surface area contributed by atoms with Gasteiger partial charge in [-0.15, -0.1) is 0 Å². The van der Waals surface area contributed by atoms with Gasteiger partial charge in [0.2, 0.25) is 0 Å². The molecule has 0 heterocycles. The van der Waals surface area contributed by atoms with E-state index in [1.54, 1.807) is 0 Å². The molecule has 0 aliphatic carbocycles. The lowest BCUT2D eigenvalue weighted by molar-refractivity contribution is 0.545. The Morgan fingerprint density at radius 3 is 2.63 bits per heavy atom. The molecule has 19 heavy (non-hydrogen) atoms. The number of aryl methyl sites for hydroxylation is 1. The molecule has 2 aromatic rings. The number of benzene rings is 2. The van der Waals surface area contributed by atoms with Gasteiger partial charge in [0, 0.05) is 17.6 Å². The predicted molar refractivity (Wildman–Crippen MR) is 82.6 cm³/mol. The van der Waals surface area contributed by atoms with Gasteiger partial charge in [-0.25, -0.2) is 0 Å². The maximum Gasteiger partial charge on any atom is 0.0438 e. The van der Waals surface area contributed by atoms with E-state index in [2.05, 4.69) is 49.5 Å². The van der Waals surface area contributed by atoms with Crippen molar-refractivity contribution < 1.29 is 0 Å². The Kier molecular flexibility index (Phi) is 5.00. The molecule has 1 nitrogen and oxygen atoms in total. The van der Waals surface area contributed by atoms with E-state index >= 15 is 0 Å². The Morgan fingerprint density at radius 1 is 1.11 bits per heavy atom. The summed E-state index contributed by atoms with van der Waals surface area (Å²) < 4.78 is 0. The third-order valence-corrected chi connectivity index (χ3v) is 3.59. The minimum absolute atomic E-state index is 0.403. The van der Waals surface area contributed by atoms with Gasteiger partial charge in [0.25, 0.3) is 0 Å². The topological polar surface area (TPSA) is 12.0 Å². The van der Waals surface area contributed by atoms with Gasteiger partial charge in [-0.2, -0.15) is 0 Å². The summed E-state index contributed by atoms with van der Waals surface area (Å²) in [6.07, 6.45) is 0.950. The molecule has 1 N–H and O–H groups in total. The van der Waals surface area contributed by atoms with E-state index in [9.17, 15) is 0 Å². The van der Waals surface area contributed by atoms with Gasteiger partial charge in [-0.3, -0.25) is 0 Å². The second-order valence-electron chi connectivity index (χ2n) is 5.07. The SMILES string of the molecule is Cc1cccc(CNC(C)Cc2ccccc2Cl)c1. The molecule has 0 saturated heterocycles. The van der Waals surface area contributed by atoms with Crippen molar-refractivity contribution in [2.45, 2.75) is 32.9 Å². The Hall–Kier alpha value is -1.31. The molecule has 1 atom stereocenters. The molecule has 0 radical (unpaired) electrons. The van der Waals surface area contributed by atoms with Crippen molar-refractivity contribution in [3.8, 4) is 0 Å². The molecule has 2 rings (SSSR count). The fraction of sp³-hybridized carbons (Fsp3) is 0.294. The van der Waals surface area contributed by atoms with Crippen molar-refractivity contribution >= 4 is 11.6 Å². The summed E-state index contributed by atoms with van der Waals surface area (Å²) in [5.74, 6) is 0. The molecule has 0 aliphatic rings. The van der Waals surface area contributed by atoms with Crippen molar-refractivity contribution in [1.29, 1.82) is 0 Å². The molecule has 0 bridgehead atoms. The zero-order chi connectivity index (χ0) is 13.7. The second kappa shape index (κ2) is 6.74.